The Kier molecular flexibility index (Phi) is 2.79. The van der Waals surface area contributed by atoms with Crippen LogP contribution in [0.2, 0.25) is 0 Å². The van der Waals surface area contributed by atoms with E-state index in [2.05, 4.69) is 5.32 Å². The van der Waals surface area contributed by atoms with Crippen LogP contribution < -0.4 is 11.1 Å². The van der Waals surface area contributed by atoms with Crippen LogP contribution in [0.3, 0.4) is 0 Å². The van der Waals surface area contributed by atoms with Crippen molar-refractivity contribution in [2.45, 2.75) is 44.2 Å². The Hall–Kier alpha value is -1.26. The monoisotopic (exact) mass is 211 g/mol. The van der Waals surface area contributed by atoms with Gasteiger partial charge in [0, 0.05) is 12.6 Å². The van der Waals surface area contributed by atoms with Gasteiger partial charge in [-0.2, -0.15) is 0 Å². The van der Waals surface area contributed by atoms with Crippen molar-refractivity contribution in [2.24, 2.45) is 5.73 Å². The zero-order chi connectivity index (χ0) is 10.8. The van der Waals surface area contributed by atoms with E-state index >= 15 is 0 Å². The Morgan fingerprint density at radius 3 is 2.33 bits per heavy atom. The molecule has 0 aromatic heterocycles. The number of nitrogens with zero attached hydrogens (tertiary/aromatic N) is 1. The van der Waals surface area contributed by atoms with Gasteiger partial charge in [0.05, 0.1) is 0 Å². The minimum atomic E-state index is -0.400. The van der Waals surface area contributed by atoms with Crippen LogP contribution in [-0.4, -0.2) is 35.5 Å². The summed E-state index contributed by atoms with van der Waals surface area (Å²) in [5.74, 6) is -0.400. The predicted molar refractivity (Wildman–Crippen MR) is 55.1 cm³/mol. The molecule has 1 unspecified atom stereocenters. The molecule has 1 atom stereocenters. The molecule has 2 rings (SSSR count). The highest BCUT2D eigenvalue weighted by molar-refractivity contribution is 5.87. The van der Waals surface area contributed by atoms with Crippen molar-refractivity contribution in [1.29, 1.82) is 0 Å². The minimum Gasteiger partial charge on any atom is -0.368 e. The maximum absolute atomic E-state index is 11.7. The van der Waals surface area contributed by atoms with E-state index in [1.807, 2.05) is 0 Å². The van der Waals surface area contributed by atoms with Crippen LogP contribution in [0.5, 0.6) is 0 Å². The summed E-state index contributed by atoms with van der Waals surface area (Å²) in [6.45, 7) is 0.645. The predicted octanol–water partition coefficient (Wildman–Crippen LogP) is 0.198. The average Bonchev–Trinajstić information content (AvgIpc) is 2.52. The van der Waals surface area contributed by atoms with Gasteiger partial charge in [-0.15, -0.1) is 0 Å². The van der Waals surface area contributed by atoms with E-state index in [9.17, 15) is 9.59 Å². The lowest BCUT2D eigenvalue weighted by atomic mass is 10.0. The lowest BCUT2D eigenvalue weighted by molar-refractivity contribution is -0.125. The zero-order valence-electron chi connectivity index (χ0n) is 8.74. The van der Waals surface area contributed by atoms with Crippen molar-refractivity contribution in [3.63, 3.8) is 0 Å². The number of primary amides is 1. The third kappa shape index (κ3) is 2.06. The number of urea groups is 1. The summed E-state index contributed by atoms with van der Waals surface area (Å²) in [6.07, 6.45) is 5.18. The number of hydrogen-bond donors (Lipinski definition) is 2. The number of rotatable bonds is 2. The van der Waals surface area contributed by atoms with E-state index < -0.39 is 5.91 Å². The molecule has 1 aliphatic carbocycles. The first-order chi connectivity index (χ1) is 7.18. The molecule has 5 nitrogen and oxygen atoms in total. The van der Waals surface area contributed by atoms with Gasteiger partial charge in [0.15, 0.2) is 0 Å². The number of nitrogens with one attached hydrogen (secondary N) is 1. The molecule has 0 aromatic rings. The molecule has 1 saturated heterocycles. The number of hydrogen-bond acceptors (Lipinski definition) is 2. The molecule has 5 heteroatoms. The summed E-state index contributed by atoms with van der Waals surface area (Å²) in [7, 11) is 0. The van der Waals surface area contributed by atoms with E-state index in [4.69, 9.17) is 5.73 Å². The molecule has 0 spiro atoms. The van der Waals surface area contributed by atoms with E-state index in [1.165, 1.54) is 17.7 Å². The molecule has 0 aromatic carbocycles. The molecule has 1 heterocycles. The second kappa shape index (κ2) is 4.08. The third-order valence-electron chi connectivity index (χ3n) is 3.29. The van der Waals surface area contributed by atoms with E-state index in [0.29, 0.717) is 19.0 Å². The minimum absolute atomic E-state index is 0.128. The van der Waals surface area contributed by atoms with Crippen molar-refractivity contribution in [3.8, 4) is 0 Å². The Labute approximate surface area is 89.0 Å². The van der Waals surface area contributed by atoms with E-state index in [-0.39, 0.29) is 12.1 Å². The molecule has 15 heavy (non-hydrogen) atoms. The van der Waals surface area contributed by atoms with Gasteiger partial charge >= 0.3 is 6.03 Å². The molecule has 1 saturated carbocycles. The third-order valence-corrected chi connectivity index (χ3v) is 3.29. The first kappa shape index (κ1) is 10.3. The summed E-state index contributed by atoms with van der Waals surface area (Å²) >= 11 is 0. The highest BCUT2D eigenvalue weighted by atomic mass is 16.2. The summed E-state index contributed by atoms with van der Waals surface area (Å²) in [6, 6.07) is -0.213. The molecular weight excluding hydrogens is 194 g/mol. The number of amides is 3. The lowest BCUT2D eigenvalue weighted by Crippen LogP contribution is -2.60. The molecule has 0 bridgehead atoms. The van der Waals surface area contributed by atoms with Crippen LogP contribution in [-0.2, 0) is 4.79 Å². The van der Waals surface area contributed by atoms with Crippen LogP contribution in [0.15, 0.2) is 0 Å². The van der Waals surface area contributed by atoms with Gasteiger partial charge in [0.1, 0.15) is 6.04 Å². The van der Waals surface area contributed by atoms with Crippen molar-refractivity contribution in [2.75, 3.05) is 6.54 Å². The Balaban J connectivity index is 1.82. The van der Waals surface area contributed by atoms with Crippen LogP contribution in [0.1, 0.15) is 32.1 Å². The zero-order valence-corrected chi connectivity index (χ0v) is 8.74. The van der Waals surface area contributed by atoms with Crippen molar-refractivity contribution >= 4 is 11.9 Å². The number of likely N-dealkylation sites (tertiary alicyclic amines) is 1. The van der Waals surface area contributed by atoms with Crippen LogP contribution in [0.25, 0.3) is 0 Å². The Morgan fingerprint density at radius 1 is 1.20 bits per heavy atom. The van der Waals surface area contributed by atoms with Gasteiger partial charge in [-0.25, -0.2) is 4.79 Å². The Morgan fingerprint density at radius 2 is 1.87 bits per heavy atom. The number of carbonyl (C=O) groups excluding carboxylic acids is 2. The molecule has 84 valence electrons. The van der Waals surface area contributed by atoms with Crippen molar-refractivity contribution in [1.82, 2.24) is 10.2 Å². The van der Waals surface area contributed by atoms with Gasteiger partial charge in [0.2, 0.25) is 5.91 Å². The summed E-state index contributed by atoms with van der Waals surface area (Å²) in [4.78, 5) is 24.2. The first-order valence-electron chi connectivity index (χ1n) is 5.55. The van der Waals surface area contributed by atoms with Crippen LogP contribution in [0, 0.1) is 0 Å². The molecular formula is C10H17N3O2. The average molecular weight is 211 g/mol. The van der Waals surface area contributed by atoms with Crippen molar-refractivity contribution in [3.05, 3.63) is 0 Å². The smallest absolute Gasteiger partial charge is 0.318 e. The fraction of sp³-hybridized carbons (Fsp3) is 0.800. The van der Waals surface area contributed by atoms with Gasteiger partial charge in [0.25, 0.3) is 0 Å². The summed E-state index contributed by atoms with van der Waals surface area (Å²) in [5.41, 5.74) is 5.17. The Bertz CT molecular complexity index is 274. The SMILES string of the molecule is NC(=O)C1CCN1C(=O)NC1CCCC1. The van der Waals surface area contributed by atoms with Gasteiger partial charge in [-0.05, 0) is 19.3 Å². The fourth-order valence-electron chi connectivity index (χ4n) is 2.25. The molecule has 0 radical (unpaired) electrons. The molecule has 3 N–H and O–H groups in total. The lowest BCUT2D eigenvalue weighted by Gasteiger charge is -2.39. The molecule has 1 aliphatic heterocycles. The number of nitrogens with two attached hydrogens (primary N) is 1. The van der Waals surface area contributed by atoms with Gasteiger partial charge < -0.3 is 16.0 Å². The summed E-state index contributed by atoms with van der Waals surface area (Å²) < 4.78 is 0. The normalized spacial score (nSPS) is 26.1. The largest absolute Gasteiger partial charge is 0.368 e. The summed E-state index contributed by atoms with van der Waals surface area (Å²) in [5, 5.41) is 2.94. The fourth-order valence-corrected chi connectivity index (χ4v) is 2.25. The quantitative estimate of drug-likeness (QED) is 0.684. The maximum Gasteiger partial charge on any atom is 0.318 e. The van der Waals surface area contributed by atoms with Crippen molar-refractivity contribution < 1.29 is 9.59 Å². The van der Waals surface area contributed by atoms with Crippen LogP contribution >= 0.6 is 0 Å². The highest BCUT2D eigenvalue weighted by Crippen LogP contribution is 2.20. The van der Waals surface area contributed by atoms with Crippen LogP contribution in [0.4, 0.5) is 4.79 Å². The van der Waals surface area contributed by atoms with Gasteiger partial charge in [-0.3, -0.25) is 4.79 Å². The van der Waals surface area contributed by atoms with E-state index in [0.717, 1.165) is 12.8 Å². The topological polar surface area (TPSA) is 75.4 Å². The molecule has 2 fully saturated rings. The van der Waals surface area contributed by atoms with E-state index in [1.54, 1.807) is 0 Å². The molecule has 2 aliphatic rings. The second-order valence-corrected chi connectivity index (χ2v) is 4.33. The number of carbonyl (C=O) groups is 2. The molecule has 3 amide bonds. The highest BCUT2D eigenvalue weighted by Gasteiger charge is 2.36. The van der Waals surface area contributed by atoms with Gasteiger partial charge in [-0.1, -0.05) is 12.8 Å². The maximum atomic E-state index is 11.7. The standard InChI is InChI=1S/C10H17N3O2/c11-9(14)8-5-6-13(8)10(15)12-7-3-1-2-4-7/h7-8H,1-6H2,(H2,11,14)(H,12,15). The first-order valence-corrected chi connectivity index (χ1v) is 5.55. The second-order valence-electron chi connectivity index (χ2n) is 4.33.